The first-order valence-corrected chi connectivity index (χ1v) is 12.1. The Morgan fingerprint density at radius 1 is 0.971 bits per heavy atom. The SMILES string of the molecule is O=C(C[C@@]1(COc2ccccc2)CN(C(=O)Cc2c(F)cccc2Cl)CCO1)N1CCCCC1. The van der Waals surface area contributed by atoms with Crippen LogP contribution in [-0.4, -0.2) is 66.6 Å². The Morgan fingerprint density at radius 3 is 2.47 bits per heavy atom. The molecule has 1 atom stereocenters. The summed E-state index contributed by atoms with van der Waals surface area (Å²) in [7, 11) is 0. The smallest absolute Gasteiger partial charge is 0.227 e. The van der Waals surface area contributed by atoms with Crippen LogP contribution in [0.2, 0.25) is 5.02 Å². The summed E-state index contributed by atoms with van der Waals surface area (Å²) >= 11 is 6.14. The fourth-order valence-electron chi connectivity index (χ4n) is 4.53. The van der Waals surface area contributed by atoms with Crippen LogP contribution in [0, 0.1) is 5.82 Å². The molecule has 182 valence electrons. The topological polar surface area (TPSA) is 59.1 Å². The molecule has 6 nitrogen and oxygen atoms in total. The van der Waals surface area contributed by atoms with E-state index in [-0.39, 0.29) is 55.0 Å². The molecule has 2 saturated heterocycles. The molecule has 0 aromatic heterocycles. The second-order valence-corrected chi connectivity index (χ2v) is 9.35. The number of benzene rings is 2. The lowest BCUT2D eigenvalue weighted by Gasteiger charge is -2.43. The highest BCUT2D eigenvalue weighted by Gasteiger charge is 2.42. The van der Waals surface area contributed by atoms with Gasteiger partial charge in [-0.15, -0.1) is 0 Å². The maximum absolute atomic E-state index is 14.3. The number of para-hydroxylation sites is 1. The van der Waals surface area contributed by atoms with E-state index < -0.39 is 11.4 Å². The first-order valence-electron chi connectivity index (χ1n) is 11.8. The Hall–Kier alpha value is -2.64. The van der Waals surface area contributed by atoms with Crippen molar-refractivity contribution >= 4 is 23.4 Å². The third kappa shape index (κ3) is 6.07. The van der Waals surface area contributed by atoms with Gasteiger partial charge in [-0.3, -0.25) is 9.59 Å². The minimum absolute atomic E-state index is 0.00260. The van der Waals surface area contributed by atoms with Gasteiger partial charge in [0.15, 0.2) is 0 Å². The van der Waals surface area contributed by atoms with E-state index in [1.54, 1.807) is 11.0 Å². The van der Waals surface area contributed by atoms with Crippen molar-refractivity contribution in [3.8, 4) is 5.75 Å². The van der Waals surface area contributed by atoms with E-state index in [4.69, 9.17) is 21.1 Å². The largest absolute Gasteiger partial charge is 0.490 e. The van der Waals surface area contributed by atoms with Gasteiger partial charge in [-0.05, 0) is 43.5 Å². The fraction of sp³-hybridized carbons (Fsp3) is 0.462. The zero-order chi connectivity index (χ0) is 24.0. The highest BCUT2D eigenvalue weighted by Crippen LogP contribution is 2.27. The number of hydrogen-bond donors (Lipinski definition) is 0. The molecule has 0 unspecified atom stereocenters. The average molecular weight is 489 g/mol. The second kappa shape index (κ2) is 11.2. The zero-order valence-corrected chi connectivity index (χ0v) is 19.9. The number of piperidine rings is 1. The normalized spacial score (nSPS) is 20.8. The number of amides is 2. The van der Waals surface area contributed by atoms with Crippen LogP contribution in [0.25, 0.3) is 0 Å². The standard InChI is InChI=1S/C26H30ClFN2O4/c27-22-10-7-11-23(28)21(22)16-24(31)30-14-15-34-26(18-30,19-33-20-8-3-1-4-9-20)17-25(32)29-12-5-2-6-13-29/h1,3-4,7-11H,2,5-6,12-19H2/t26-/m0/s1. The third-order valence-electron chi connectivity index (χ3n) is 6.42. The minimum Gasteiger partial charge on any atom is -0.490 e. The molecular formula is C26H30ClFN2O4. The van der Waals surface area contributed by atoms with E-state index in [2.05, 4.69) is 0 Å². The Kier molecular flexibility index (Phi) is 8.06. The Morgan fingerprint density at radius 2 is 1.74 bits per heavy atom. The van der Waals surface area contributed by atoms with Crippen molar-refractivity contribution in [3.05, 3.63) is 64.9 Å². The quantitative estimate of drug-likeness (QED) is 0.588. The van der Waals surface area contributed by atoms with Crippen LogP contribution in [0.3, 0.4) is 0 Å². The first-order chi connectivity index (χ1) is 16.5. The van der Waals surface area contributed by atoms with Crippen molar-refractivity contribution in [2.75, 3.05) is 39.4 Å². The van der Waals surface area contributed by atoms with Crippen molar-refractivity contribution in [3.63, 3.8) is 0 Å². The van der Waals surface area contributed by atoms with Crippen LogP contribution in [0.4, 0.5) is 4.39 Å². The molecule has 0 saturated carbocycles. The molecular weight excluding hydrogens is 459 g/mol. The molecule has 2 aromatic carbocycles. The van der Waals surface area contributed by atoms with Crippen molar-refractivity contribution in [2.24, 2.45) is 0 Å². The first kappa shape index (κ1) is 24.5. The van der Waals surface area contributed by atoms with Gasteiger partial charge in [0.1, 0.15) is 23.8 Å². The second-order valence-electron chi connectivity index (χ2n) is 8.94. The molecule has 2 aromatic rings. The number of hydrogen-bond acceptors (Lipinski definition) is 4. The van der Waals surface area contributed by atoms with Gasteiger partial charge in [0, 0.05) is 30.2 Å². The number of morpholine rings is 1. The highest BCUT2D eigenvalue weighted by atomic mass is 35.5. The molecule has 34 heavy (non-hydrogen) atoms. The summed E-state index contributed by atoms with van der Waals surface area (Å²) in [4.78, 5) is 29.8. The number of carbonyl (C=O) groups excluding carboxylic acids is 2. The zero-order valence-electron chi connectivity index (χ0n) is 19.2. The number of nitrogens with zero attached hydrogens (tertiary/aromatic N) is 2. The lowest BCUT2D eigenvalue weighted by atomic mass is 9.95. The van der Waals surface area contributed by atoms with E-state index in [0.717, 1.165) is 32.4 Å². The number of rotatable bonds is 7. The minimum atomic E-state index is -0.989. The molecule has 2 fully saturated rings. The summed E-state index contributed by atoms with van der Waals surface area (Å²) in [5.74, 6) is -0.0989. The van der Waals surface area contributed by atoms with Crippen LogP contribution in [0.5, 0.6) is 5.75 Å². The molecule has 8 heteroatoms. The third-order valence-corrected chi connectivity index (χ3v) is 6.77. The number of ether oxygens (including phenoxy) is 2. The van der Waals surface area contributed by atoms with Gasteiger partial charge in [0.25, 0.3) is 0 Å². The van der Waals surface area contributed by atoms with Crippen molar-refractivity contribution in [1.29, 1.82) is 0 Å². The molecule has 0 N–H and O–H groups in total. The summed E-state index contributed by atoms with van der Waals surface area (Å²) in [5.41, 5.74) is -0.812. The molecule has 0 aliphatic carbocycles. The Labute approximate surface area is 204 Å². The summed E-state index contributed by atoms with van der Waals surface area (Å²) in [6.07, 6.45) is 3.08. The predicted octanol–water partition coefficient (Wildman–Crippen LogP) is 4.10. The van der Waals surface area contributed by atoms with Crippen LogP contribution in [0.15, 0.2) is 48.5 Å². The predicted molar refractivity (Wildman–Crippen MR) is 127 cm³/mol. The lowest BCUT2D eigenvalue weighted by Crippen LogP contribution is -2.58. The van der Waals surface area contributed by atoms with Gasteiger partial charge >= 0.3 is 0 Å². The number of likely N-dealkylation sites (tertiary alicyclic amines) is 1. The van der Waals surface area contributed by atoms with Gasteiger partial charge in [0.2, 0.25) is 11.8 Å². The van der Waals surface area contributed by atoms with Gasteiger partial charge in [-0.25, -0.2) is 4.39 Å². The molecule has 2 aliphatic heterocycles. The summed E-state index contributed by atoms with van der Waals surface area (Å²) in [5, 5.41) is 0.223. The molecule has 0 radical (unpaired) electrons. The van der Waals surface area contributed by atoms with E-state index >= 15 is 0 Å². The Balaban J connectivity index is 1.50. The fourth-order valence-corrected chi connectivity index (χ4v) is 4.76. The van der Waals surface area contributed by atoms with Crippen LogP contribution < -0.4 is 4.74 Å². The van der Waals surface area contributed by atoms with Gasteiger partial charge in [0.05, 0.1) is 26.0 Å². The van der Waals surface area contributed by atoms with Crippen molar-refractivity contribution in [1.82, 2.24) is 9.80 Å². The van der Waals surface area contributed by atoms with E-state index in [0.29, 0.717) is 12.3 Å². The molecule has 0 spiro atoms. The lowest BCUT2D eigenvalue weighted by molar-refractivity contribution is -0.166. The molecule has 0 bridgehead atoms. The maximum Gasteiger partial charge on any atom is 0.227 e. The van der Waals surface area contributed by atoms with Crippen LogP contribution >= 0.6 is 11.6 Å². The summed E-state index contributed by atoms with van der Waals surface area (Å²) < 4.78 is 26.4. The van der Waals surface area contributed by atoms with E-state index in [1.165, 1.54) is 12.1 Å². The van der Waals surface area contributed by atoms with Crippen LogP contribution in [-0.2, 0) is 20.7 Å². The highest BCUT2D eigenvalue weighted by molar-refractivity contribution is 6.31. The molecule has 2 heterocycles. The van der Waals surface area contributed by atoms with E-state index in [1.807, 2.05) is 35.2 Å². The van der Waals surface area contributed by atoms with E-state index in [9.17, 15) is 14.0 Å². The summed E-state index contributed by atoms with van der Waals surface area (Å²) in [6, 6.07) is 13.7. The summed E-state index contributed by atoms with van der Waals surface area (Å²) in [6.45, 7) is 2.41. The number of carbonyl (C=O) groups is 2. The molecule has 2 aliphatic rings. The van der Waals surface area contributed by atoms with Crippen LogP contribution in [0.1, 0.15) is 31.2 Å². The van der Waals surface area contributed by atoms with Gasteiger partial charge in [-0.1, -0.05) is 35.9 Å². The van der Waals surface area contributed by atoms with Gasteiger partial charge in [-0.2, -0.15) is 0 Å². The molecule has 2 amide bonds. The monoisotopic (exact) mass is 488 g/mol. The molecule has 4 rings (SSSR count). The maximum atomic E-state index is 14.3. The number of halogens is 2. The van der Waals surface area contributed by atoms with Crippen molar-refractivity contribution < 1.29 is 23.5 Å². The van der Waals surface area contributed by atoms with Crippen molar-refractivity contribution in [2.45, 2.75) is 37.7 Å². The van der Waals surface area contributed by atoms with Gasteiger partial charge < -0.3 is 19.3 Å². The average Bonchev–Trinajstić information content (AvgIpc) is 2.86. The Bertz CT molecular complexity index is 979.